The highest BCUT2D eigenvalue weighted by atomic mass is 19.1. The lowest BCUT2D eigenvalue weighted by Gasteiger charge is -2.32. The highest BCUT2D eigenvalue weighted by molar-refractivity contribution is 6.00. The molecule has 1 atom stereocenters. The number of amides is 1. The number of para-hydroxylation sites is 2. The molecule has 1 amide bonds. The van der Waals surface area contributed by atoms with E-state index in [0.29, 0.717) is 11.4 Å². The second kappa shape index (κ2) is 6.70. The van der Waals surface area contributed by atoms with Crippen LogP contribution in [0.4, 0.5) is 10.1 Å². The maximum absolute atomic E-state index is 13.1. The Morgan fingerprint density at radius 3 is 2.83 bits per heavy atom. The predicted octanol–water partition coefficient (Wildman–Crippen LogP) is 2.94. The summed E-state index contributed by atoms with van der Waals surface area (Å²) in [6, 6.07) is 12.5. The van der Waals surface area contributed by atoms with Crippen LogP contribution in [0.5, 0.6) is 11.5 Å². The maximum Gasteiger partial charge on any atom is 0.312 e. The van der Waals surface area contributed by atoms with Crippen LogP contribution in [-0.2, 0) is 9.59 Å². The van der Waals surface area contributed by atoms with Crippen LogP contribution in [0.2, 0.25) is 0 Å². The van der Waals surface area contributed by atoms with Crippen LogP contribution in [0.15, 0.2) is 48.5 Å². The molecule has 2 aromatic carbocycles. The van der Waals surface area contributed by atoms with Crippen LogP contribution >= 0.6 is 0 Å². The van der Waals surface area contributed by atoms with Crippen LogP contribution in [0.25, 0.3) is 0 Å². The van der Waals surface area contributed by atoms with Crippen molar-refractivity contribution in [1.29, 1.82) is 0 Å². The minimum absolute atomic E-state index is 0.0106. The Morgan fingerprint density at radius 2 is 2.04 bits per heavy atom. The molecule has 24 heavy (non-hydrogen) atoms. The number of hydrogen-bond acceptors (Lipinski definition) is 4. The molecule has 2 aromatic rings. The fraction of sp³-hybridized carbons (Fsp3) is 0.222. The van der Waals surface area contributed by atoms with Crippen LogP contribution in [0.1, 0.15) is 13.3 Å². The van der Waals surface area contributed by atoms with Crippen molar-refractivity contribution in [3.8, 4) is 11.5 Å². The van der Waals surface area contributed by atoms with Crippen molar-refractivity contribution in [2.45, 2.75) is 19.4 Å². The second-order valence-electron chi connectivity index (χ2n) is 5.40. The number of benzene rings is 2. The van der Waals surface area contributed by atoms with Gasteiger partial charge in [-0.15, -0.1) is 0 Å². The van der Waals surface area contributed by atoms with Gasteiger partial charge in [-0.1, -0.05) is 18.2 Å². The number of rotatable bonds is 4. The molecule has 3 rings (SSSR count). The first-order valence-corrected chi connectivity index (χ1v) is 7.58. The Bertz CT molecular complexity index is 777. The fourth-order valence-corrected chi connectivity index (χ4v) is 2.51. The second-order valence-corrected chi connectivity index (χ2v) is 5.40. The van der Waals surface area contributed by atoms with Crippen molar-refractivity contribution in [2.75, 3.05) is 11.4 Å². The first-order valence-electron chi connectivity index (χ1n) is 7.58. The molecular formula is C18H16FNO4. The molecule has 1 aliphatic heterocycles. The molecule has 0 aromatic heterocycles. The molecule has 0 aliphatic carbocycles. The highest BCUT2D eigenvalue weighted by Gasteiger charge is 2.31. The number of carbonyl (C=O) groups is 2. The Kier molecular flexibility index (Phi) is 4.46. The molecule has 0 spiro atoms. The number of carbonyl (C=O) groups excluding carboxylic acids is 2. The van der Waals surface area contributed by atoms with E-state index >= 15 is 0 Å². The summed E-state index contributed by atoms with van der Waals surface area (Å²) in [5.74, 6) is -0.492. The molecule has 1 aliphatic rings. The van der Waals surface area contributed by atoms with Gasteiger partial charge in [-0.25, -0.2) is 4.39 Å². The lowest BCUT2D eigenvalue weighted by Crippen LogP contribution is -2.45. The lowest BCUT2D eigenvalue weighted by molar-refractivity contribution is -0.134. The van der Waals surface area contributed by atoms with Crippen molar-refractivity contribution in [3.63, 3.8) is 0 Å². The van der Waals surface area contributed by atoms with Crippen LogP contribution in [0.3, 0.4) is 0 Å². The normalized spacial score (nSPS) is 16.3. The third-order valence-electron chi connectivity index (χ3n) is 3.64. The van der Waals surface area contributed by atoms with E-state index in [4.69, 9.17) is 9.47 Å². The van der Waals surface area contributed by atoms with Gasteiger partial charge in [0.15, 0.2) is 6.10 Å². The van der Waals surface area contributed by atoms with Crippen molar-refractivity contribution in [2.24, 2.45) is 0 Å². The molecule has 1 unspecified atom stereocenters. The van der Waals surface area contributed by atoms with Gasteiger partial charge in [-0.05, 0) is 31.2 Å². The smallest absolute Gasteiger partial charge is 0.312 e. The Labute approximate surface area is 138 Å². The number of anilines is 1. The third-order valence-corrected chi connectivity index (χ3v) is 3.64. The molecule has 0 fully saturated rings. The standard InChI is InChI=1S/C18H16FNO4/c1-12-18(22)20(15-7-2-3-8-16(15)23-12)10-9-17(21)24-14-6-4-5-13(19)11-14/h2-8,11-12H,9-10H2,1H3. The molecule has 0 bridgehead atoms. The summed E-state index contributed by atoms with van der Waals surface area (Å²) in [6.07, 6.45) is -0.623. The van der Waals surface area contributed by atoms with Crippen molar-refractivity contribution in [1.82, 2.24) is 0 Å². The third kappa shape index (κ3) is 3.37. The van der Waals surface area contributed by atoms with Gasteiger partial charge in [0.05, 0.1) is 12.1 Å². The zero-order valence-electron chi connectivity index (χ0n) is 13.1. The molecule has 1 heterocycles. The van der Waals surface area contributed by atoms with Gasteiger partial charge in [0, 0.05) is 12.6 Å². The van der Waals surface area contributed by atoms with Gasteiger partial charge >= 0.3 is 5.97 Å². The molecule has 5 nitrogen and oxygen atoms in total. The molecule has 6 heteroatoms. The van der Waals surface area contributed by atoms with Crippen LogP contribution < -0.4 is 14.4 Å². The molecule has 0 saturated heterocycles. The molecule has 0 radical (unpaired) electrons. The first-order chi connectivity index (χ1) is 11.5. The first kappa shape index (κ1) is 16.0. The maximum atomic E-state index is 13.1. The van der Waals surface area contributed by atoms with E-state index in [-0.39, 0.29) is 24.6 Å². The van der Waals surface area contributed by atoms with Crippen LogP contribution in [-0.4, -0.2) is 24.5 Å². The largest absolute Gasteiger partial charge is 0.479 e. The van der Waals surface area contributed by atoms with E-state index in [1.165, 1.54) is 23.1 Å². The van der Waals surface area contributed by atoms with Crippen molar-refractivity contribution < 1.29 is 23.5 Å². The molecular weight excluding hydrogens is 313 g/mol. The summed E-state index contributed by atoms with van der Waals surface area (Å²) >= 11 is 0. The molecule has 0 N–H and O–H groups in total. The summed E-state index contributed by atoms with van der Waals surface area (Å²) in [5, 5.41) is 0. The van der Waals surface area contributed by atoms with E-state index < -0.39 is 17.9 Å². The van der Waals surface area contributed by atoms with Gasteiger partial charge in [0.25, 0.3) is 5.91 Å². The fourth-order valence-electron chi connectivity index (χ4n) is 2.51. The summed E-state index contributed by atoms with van der Waals surface area (Å²) < 4.78 is 23.7. The number of hydrogen-bond donors (Lipinski definition) is 0. The van der Waals surface area contributed by atoms with Gasteiger partial charge in [-0.3, -0.25) is 9.59 Å². The summed E-state index contributed by atoms with van der Waals surface area (Å²) in [4.78, 5) is 25.8. The van der Waals surface area contributed by atoms with Crippen molar-refractivity contribution in [3.05, 3.63) is 54.3 Å². The SMILES string of the molecule is CC1Oc2ccccc2N(CCC(=O)Oc2cccc(F)c2)C1=O. The molecule has 0 saturated carbocycles. The van der Waals surface area contributed by atoms with E-state index in [0.717, 1.165) is 6.07 Å². The van der Waals surface area contributed by atoms with Crippen molar-refractivity contribution >= 4 is 17.6 Å². The number of halogens is 1. The minimum atomic E-state index is -0.612. The number of nitrogens with zero attached hydrogens (tertiary/aromatic N) is 1. The van der Waals surface area contributed by atoms with Gasteiger partial charge in [-0.2, -0.15) is 0 Å². The van der Waals surface area contributed by atoms with E-state index in [1.54, 1.807) is 25.1 Å². The zero-order valence-corrected chi connectivity index (χ0v) is 13.1. The average molecular weight is 329 g/mol. The Hall–Kier alpha value is -2.89. The van der Waals surface area contributed by atoms with Gasteiger partial charge < -0.3 is 14.4 Å². The van der Waals surface area contributed by atoms with Gasteiger partial charge in [0.2, 0.25) is 0 Å². The lowest BCUT2D eigenvalue weighted by atomic mass is 10.2. The average Bonchev–Trinajstić information content (AvgIpc) is 2.55. The Balaban J connectivity index is 1.67. The predicted molar refractivity (Wildman–Crippen MR) is 85.5 cm³/mol. The topological polar surface area (TPSA) is 55.8 Å². The quantitative estimate of drug-likeness (QED) is 0.639. The zero-order chi connectivity index (χ0) is 17.1. The van der Waals surface area contributed by atoms with E-state index in [1.807, 2.05) is 6.07 Å². The summed E-state index contributed by atoms with van der Waals surface area (Å²) in [7, 11) is 0. The van der Waals surface area contributed by atoms with E-state index in [9.17, 15) is 14.0 Å². The summed E-state index contributed by atoms with van der Waals surface area (Å²) in [6.45, 7) is 1.83. The number of ether oxygens (including phenoxy) is 2. The number of esters is 1. The molecule has 124 valence electrons. The van der Waals surface area contributed by atoms with Gasteiger partial charge in [0.1, 0.15) is 17.3 Å². The monoisotopic (exact) mass is 329 g/mol. The minimum Gasteiger partial charge on any atom is -0.479 e. The van der Waals surface area contributed by atoms with Crippen LogP contribution in [0, 0.1) is 5.82 Å². The van der Waals surface area contributed by atoms with E-state index in [2.05, 4.69) is 0 Å². The highest BCUT2D eigenvalue weighted by Crippen LogP contribution is 2.33. The number of fused-ring (bicyclic) bond motifs is 1. The summed E-state index contributed by atoms with van der Waals surface area (Å²) in [5.41, 5.74) is 0.624. The Morgan fingerprint density at radius 1 is 1.25 bits per heavy atom.